The molecule has 0 spiro atoms. The zero-order valence-corrected chi connectivity index (χ0v) is 12.4. The molecule has 5 heteroatoms. The van der Waals surface area contributed by atoms with Crippen molar-refractivity contribution in [3.05, 3.63) is 22.3 Å². The number of hydrogen-bond donors (Lipinski definition) is 1. The van der Waals surface area contributed by atoms with E-state index >= 15 is 0 Å². The van der Waals surface area contributed by atoms with Gasteiger partial charge in [-0.3, -0.25) is 4.90 Å². The average Bonchev–Trinajstić information content (AvgIpc) is 2.40. The van der Waals surface area contributed by atoms with Gasteiger partial charge >= 0.3 is 0 Å². The second-order valence-electron chi connectivity index (χ2n) is 4.62. The van der Waals surface area contributed by atoms with Crippen molar-refractivity contribution in [1.82, 2.24) is 9.88 Å². The average molecular weight is 314 g/mol. The van der Waals surface area contributed by atoms with Crippen molar-refractivity contribution in [2.24, 2.45) is 0 Å². The molecule has 0 amide bonds. The number of aromatic nitrogens is 1. The molecule has 0 aliphatic carbocycles. The minimum atomic E-state index is 0.0386. The Morgan fingerprint density at radius 3 is 2.67 bits per heavy atom. The molecule has 0 radical (unpaired) electrons. The van der Waals surface area contributed by atoms with Crippen molar-refractivity contribution in [3.8, 4) is 0 Å². The Kier molecular flexibility index (Phi) is 4.97. The van der Waals surface area contributed by atoms with Crippen LogP contribution in [0.15, 0.2) is 16.7 Å². The number of anilines is 1. The van der Waals surface area contributed by atoms with Gasteiger partial charge in [0.1, 0.15) is 5.82 Å². The highest BCUT2D eigenvalue weighted by atomic mass is 79.9. The fourth-order valence-electron chi connectivity index (χ4n) is 2.37. The van der Waals surface area contributed by atoms with E-state index in [4.69, 9.17) is 0 Å². The Bertz CT molecular complexity index is 392. The van der Waals surface area contributed by atoms with Crippen LogP contribution in [0.1, 0.15) is 18.9 Å². The summed E-state index contributed by atoms with van der Waals surface area (Å²) < 4.78 is 0.917. The Morgan fingerprint density at radius 1 is 1.33 bits per heavy atom. The van der Waals surface area contributed by atoms with E-state index in [1.807, 2.05) is 6.07 Å². The number of aliphatic hydroxyl groups is 1. The van der Waals surface area contributed by atoms with Crippen molar-refractivity contribution in [3.63, 3.8) is 0 Å². The Hall–Kier alpha value is -0.650. The predicted octanol–water partition coefficient (Wildman–Crippen LogP) is 1.87. The summed E-state index contributed by atoms with van der Waals surface area (Å²) in [4.78, 5) is 9.19. The third-order valence-corrected chi connectivity index (χ3v) is 3.73. The van der Waals surface area contributed by atoms with Crippen LogP contribution in [-0.4, -0.2) is 47.7 Å². The summed E-state index contributed by atoms with van der Waals surface area (Å²) in [6.45, 7) is 7.56. The molecule has 18 heavy (non-hydrogen) atoms. The van der Waals surface area contributed by atoms with Gasteiger partial charge in [0.25, 0.3) is 0 Å². The van der Waals surface area contributed by atoms with Crippen LogP contribution in [0.5, 0.6) is 0 Å². The summed E-state index contributed by atoms with van der Waals surface area (Å²) in [7, 11) is 0. The van der Waals surface area contributed by atoms with E-state index in [1.165, 1.54) is 13.0 Å². The highest BCUT2D eigenvalue weighted by molar-refractivity contribution is 9.10. The van der Waals surface area contributed by atoms with Crippen molar-refractivity contribution >= 4 is 21.7 Å². The lowest BCUT2D eigenvalue weighted by Crippen LogP contribution is -2.47. The van der Waals surface area contributed by atoms with Crippen molar-refractivity contribution in [2.75, 3.05) is 37.6 Å². The second-order valence-corrected chi connectivity index (χ2v) is 5.54. The van der Waals surface area contributed by atoms with Crippen LogP contribution < -0.4 is 4.90 Å². The summed E-state index contributed by atoms with van der Waals surface area (Å²) in [5.74, 6) is 0.928. The zero-order valence-electron chi connectivity index (χ0n) is 10.8. The standard InChI is InChI=1S/C13H20BrN3O/c1-2-3-16-4-6-17(7-5-16)13-11(10-18)8-12(14)9-15-13/h8-9,18H,2-7,10H2,1H3. The first kappa shape index (κ1) is 13.8. The van der Waals surface area contributed by atoms with E-state index in [-0.39, 0.29) is 6.61 Å². The lowest BCUT2D eigenvalue weighted by atomic mass is 10.2. The molecule has 0 bridgehead atoms. The normalized spacial score (nSPS) is 17.2. The van der Waals surface area contributed by atoms with Gasteiger partial charge in [0, 0.05) is 42.4 Å². The fraction of sp³-hybridized carbons (Fsp3) is 0.615. The van der Waals surface area contributed by atoms with Gasteiger partial charge in [0.05, 0.1) is 6.61 Å². The molecule has 100 valence electrons. The molecule has 1 saturated heterocycles. The molecule has 1 fully saturated rings. The molecule has 0 saturated carbocycles. The molecule has 1 aliphatic heterocycles. The minimum Gasteiger partial charge on any atom is -0.392 e. The van der Waals surface area contributed by atoms with Crippen LogP contribution in [0.25, 0.3) is 0 Å². The molecular weight excluding hydrogens is 294 g/mol. The van der Waals surface area contributed by atoms with Crippen LogP contribution in [-0.2, 0) is 6.61 Å². The maximum absolute atomic E-state index is 9.41. The van der Waals surface area contributed by atoms with Gasteiger partial charge in [-0.05, 0) is 35.0 Å². The highest BCUT2D eigenvalue weighted by Gasteiger charge is 2.19. The molecule has 1 aromatic rings. The third-order valence-electron chi connectivity index (χ3n) is 3.29. The van der Waals surface area contributed by atoms with Crippen molar-refractivity contribution < 1.29 is 5.11 Å². The highest BCUT2D eigenvalue weighted by Crippen LogP contribution is 2.22. The summed E-state index contributed by atoms with van der Waals surface area (Å²) in [5.41, 5.74) is 0.897. The molecule has 1 N–H and O–H groups in total. The van der Waals surface area contributed by atoms with Gasteiger partial charge in [-0.1, -0.05) is 6.92 Å². The zero-order chi connectivity index (χ0) is 13.0. The molecule has 0 unspecified atom stereocenters. The number of nitrogens with zero attached hydrogens (tertiary/aromatic N) is 3. The van der Waals surface area contributed by atoms with Gasteiger partial charge in [-0.15, -0.1) is 0 Å². The Morgan fingerprint density at radius 2 is 2.06 bits per heavy atom. The number of piperazine rings is 1. The quantitative estimate of drug-likeness (QED) is 0.921. The van der Waals surface area contributed by atoms with Crippen LogP contribution in [0.4, 0.5) is 5.82 Å². The van der Waals surface area contributed by atoms with Gasteiger partial charge < -0.3 is 10.0 Å². The molecule has 0 aromatic carbocycles. The van der Waals surface area contributed by atoms with E-state index in [2.05, 4.69) is 37.6 Å². The summed E-state index contributed by atoms with van der Waals surface area (Å²) in [5, 5.41) is 9.41. The van der Waals surface area contributed by atoms with Crippen LogP contribution in [0.3, 0.4) is 0 Å². The molecule has 2 rings (SSSR count). The van der Waals surface area contributed by atoms with E-state index < -0.39 is 0 Å². The van der Waals surface area contributed by atoms with Crippen LogP contribution in [0.2, 0.25) is 0 Å². The fourth-order valence-corrected chi connectivity index (χ4v) is 2.75. The minimum absolute atomic E-state index is 0.0386. The molecule has 0 atom stereocenters. The number of aliphatic hydroxyl groups excluding tert-OH is 1. The third kappa shape index (κ3) is 3.22. The topological polar surface area (TPSA) is 39.6 Å². The second kappa shape index (κ2) is 6.50. The lowest BCUT2D eigenvalue weighted by molar-refractivity contribution is 0.255. The lowest BCUT2D eigenvalue weighted by Gasteiger charge is -2.36. The number of hydrogen-bond acceptors (Lipinski definition) is 4. The van der Waals surface area contributed by atoms with Gasteiger partial charge in [0.2, 0.25) is 0 Å². The molecule has 1 aliphatic rings. The number of rotatable bonds is 4. The monoisotopic (exact) mass is 313 g/mol. The van der Waals surface area contributed by atoms with Gasteiger partial charge in [-0.2, -0.15) is 0 Å². The largest absolute Gasteiger partial charge is 0.392 e. The Labute approximate surface area is 117 Å². The first-order chi connectivity index (χ1) is 8.74. The maximum atomic E-state index is 9.41. The van der Waals surface area contributed by atoms with Gasteiger partial charge in [-0.25, -0.2) is 4.98 Å². The molecule has 2 heterocycles. The van der Waals surface area contributed by atoms with E-state index in [9.17, 15) is 5.11 Å². The maximum Gasteiger partial charge on any atom is 0.134 e. The molecule has 1 aromatic heterocycles. The van der Waals surface area contributed by atoms with Crippen LogP contribution in [0, 0.1) is 0 Å². The predicted molar refractivity (Wildman–Crippen MR) is 76.8 cm³/mol. The van der Waals surface area contributed by atoms with Crippen molar-refractivity contribution in [1.29, 1.82) is 0 Å². The number of pyridine rings is 1. The first-order valence-corrected chi connectivity index (χ1v) is 7.26. The summed E-state index contributed by atoms with van der Waals surface area (Å²) in [6.07, 6.45) is 3.01. The Balaban J connectivity index is 2.05. The molecule has 4 nitrogen and oxygen atoms in total. The first-order valence-electron chi connectivity index (χ1n) is 6.47. The summed E-state index contributed by atoms with van der Waals surface area (Å²) >= 11 is 3.39. The van der Waals surface area contributed by atoms with E-state index in [1.54, 1.807) is 6.20 Å². The smallest absolute Gasteiger partial charge is 0.134 e. The van der Waals surface area contributed by atoms with Gasteiger partial charge in [0.15, 0.2) is 0 Å². The van der Waals surface area contributed by atoms with E-state index in [0.717, 1.165) is 42.0 Å². The molecular formula is C13H20BrN3O. The SMILES string of the molecule is CCCN1CCN(c2ncc(Br)cc2CO)CC1. The van der Waals surface area contributed by atoms with Crippen molar-refractivity contribution in [2.45, 2.75) is 20.0 Å². The van der Waals surface area contributed by atoms with Crippen LogP contribution >= 0.6 is 15.9 Å². The summed E-state index contributed by atoms with van der Waals surface area (Å²) in [6, 6.07) is 1.95. The number of halogens is 1. The van der Waals surface area contributed by atoms with E-state index in [0.29, 0.717) is 0 Å².